The van der Waals surface area contributed by atoms with E-state index in [9.17, 15) is 0 Å². The molecule has 1 unspecified atom stereocenters. The number of nitrogens with one attached hydrogen (secondary N) is 1. The fourth-order valence-electron chi connectivity index (χ4n) is 1.78. The third kappa shape index (κ3) is 4.93. The summed E-state index contributed by atoms with van der Waals surface area (Å²) in [6.07, 6.45) is 1.89. The molecule has 1 N–H and O–H groups in total. The number of para-hydroxylation sites is 1. The molecule has 0 aromatic heterocycles. The quantitative estimate of drug-likeness (QED) is 0.600. The van der Waals surface area contributed by atoms with Gasteiger partial charge in [-0.1, -0.05) is 18.2 Å². The average Bonchev–Trinajstić information content (AvgIpc) is 2.35. The van der Waals surface area contributed by atoms with Crippen molar-refractivity contribution in [3.63, 3.8) is 0 Å². The molecule has 0 radical (unpaired) electrons. The van der Waals surface area contributed by atoms with E-state index in [-0.39, 0.29) is 0 Å². The summed E-state index contributed by atoms with van der Waals surface area (Å²) in [6.45, 7) is 5.00. The molecule has 17 heavy (non-hydrogen) atoms. The van der Waals surface area contributed by atoms with Gasteiger partial charge in [-0.3, -0.25) is 0 Å². The highest BCUT2D eigenvalue weighted by atomic mass is 16.5. The van der Waals surface area contributed by atoms with E-state index in [4.69, 9.17) is 4.74 Å². The summed E-state index contributed by atoms with van der Waals surface area (Å²) < 4.78 is 5.34. The lowest BCUT2D eigenvalue weighted by atomic mass is 10.1. The molecule has 0 aliphatic heterocycles. The standard InChI is InChI=1S/C15H21NO/c1-4-5-8-11-16-13(2)12-14-9-6-7-10-15(14)17-3/h6-7,9-10,13,16H,8,11-12H2,1-3H3. The van der Waals surface area contributed by atoms with Crippen LogP contribution < -0.4 is 10.1 Å². The number of ether oxygens (including phenoxy) is 1. The van der Waals surface area contributed by atoms with Crippen molar-refractivity contribution in [1.29, 1.82) is 0 Å². The van der Waals surface area contributed by atoms with Crippen LogP contribution in [-0.2, 0) is 6.42 Å². The van der Waals surface area contributed by atoms with Crippen molar-refractivity contribution in [3.05, 3.63) is 29.8 Å². The van der Waals surface area contributed by atoms with E-state index in [1.165, 1.54) is 5.56 Å². The summed E-state index contributed by atoms with van der Waals surface area (Å²) in [4.78, 5) is 0. The Kier molecular flexibility index (Phi) is 6.21. The minimum atomic E-state index is 0.435. The van der Waals surface area contributed by atoms with Gasteiger partial charge in [-0.15, -0.1) is 11.8 Å². The molecule has 0 saturated heterocycles. The number of methoxy groups -OCH3 is 1. The summed E-state index contributed by atoms with van der Waals surface area (Å²) in [7, 11) is 1.72. The molecule has 1 aromatic carbocycles. The van der Waals surface area contributed by atoms with E-state index in [1.54, 1.807) is 7.11 Å². The van der Waals surface area contributed by atoms with Crippen LogP contribution in [0.15, 0.2) is 24.3 Å². The Balaban J connectivity index is 2.43. The van der Waals surface area contributed by atoms with Gasteiger partial charge in [0.1, 0.15) is 5.75 Å². The van der Waals surface area contributed by atoms with Crippen LogP contribution in [0.3, 0.4) is 0 Å². The van der Waals surface area contributed by atoms with E-state index in [0.717, 1.165) is 25.1 Å². The Hall–Kier alpha value is -1.46. The molecule has 2 nitrogen and oxygen atoms in total. The van der Waals surface area contributed by atoms with Crippen LogP contribution in [0, 0.1) is 11.8 Å². The highest BCUT2D eigenvalue weighted by Crippen LogP contribution is 2.18. The van der Waals surface area contributed by atoms with Crippen molar-refractivity contribution in [2.75, 3.05) is 13.7 Å². The summed E-state index contributed by atoms with van der Waals surface area (Å²) in [5.74, 6) is 6.92. The summed E-state index contributed by atoms with van der Waals surface area (Å²) >= 11 is 0. The fourth-order valence-corrected chi connectivity index (χ4v) is 1.78. The van der Waals surface area contributed by atoms with Gasteiger partial charge in [-0.2, -0.15) is 0 Å². The summed E-state index contributed by atoms with van der Waals surface area (Å²) in [5, 5.41) is 3.46. The zero-order valence-electron chi connectivity index (χ0n) is 10.9. The SMILES string of the molecule is CC#CCCNC(C)Cc1ccccc1OC. The van der Waals surface area contributed by atoms with Crippen molar-refractivity contribution in [3.8, 4) is 17.6 Å². The van der Waals surface area contributed by atoms with Crippen LogP contribution in [0.1, 0.15) is 25.8 Å². The number of rotatable bonds is 6. The molecule has 0 aliphatic rings. The number of benzene rings is 1. The maximum Gasteiger partial charge on any atom is 0.122 e. The fraction of sp³-hybridized carbons (Fsp3) is 0.467. The lowest BCUT2D eigenvalue weighted by Crippen LogP contribution is -2.28. The molecule has 1 aromatic rings. The van der Waals surface area contributed by atoms with Crippen LogP contribution in [0.2, 0.25) is 0 Å². The Morgan fingerprint density at radius 1 is 1.35 bits per heavy atom. The van der Waals surface area contributed by atoms with Crippen LogP contribution >= 0.6 is 0 Å². The molecule has 0 fully saturated rings. The van der Waals surface area contributed by atoms with Gasteiger partial charge >= 0.3 is 0 Å². The molecule has 0 spiro atoms. The van der Waals surface area contributed by atoms with Crippen LogP contribution in [0.4, 0.5) is 0 Å². The van der Waals surface area contributed by atoms with E-state index >= 15 is 0 Å². The van der Waals surface area contributed by atoms with Gasteiger partial charge in [0.05, 0.1) is 7.11 Å². The number of hydrogen-bond acceptors (Lipinski definition) is 2. The Labute approximate surface area is 104 Å². The first kappa shape index (κ1) is 13.6. The van der Waals surface area contributed by atoms with Crippen LogP contribution in [0.5, 0.6) is 5.75 Å². The van der Waals surface area contributed by atoms with Gasteiger partial charge in [0.2, 0.25) is 0 Å². The molecule has 1 atom stereocenters. The molecule has 0 heterocycles. The zero-order valence-corrected chi connectivity index (χ0v) is 10.9. The maximum absolute atomic E-state index is 5.34. The van der Waals surface area contributed by atoms with Gasteiger partial charge in [0, 0.05) is 19.0 Å². The summed E-state index contributed by atoms with van der Waals surface area (Å²) in [5.41, 5.74) is 1.25. The minimum Gasteiger partial charge on any atom is -0.496 e. The molecule has 0 bridgehead atoms. The van der Waals surface area contributed by atoms with E-state index in [1.807, 2.05) is 25.1 Å². The second kappa shape index (κ2) is 7.76. The van der Waals surface area contributed by atoms with Crippen molar-refractivity contribution >= 4 is 0 Å². The molecule has 1 rings (SSSR count). The predicted molar refractivity (Wildman–Crippen MR) is 72.2 cm³/mol. The van der Waals surface area contributed by atoms with Gasteiger partial charge in [0.15, 0.2) is 0 Å². The lowest BCUT2D eigenvalue weighted by molar-refractivity contribution is 0.406. The molecular weight excluding hydrogens is 210 g/mol. The van der Waals surface area contributed by atoms with E-state index in [2.05, 4.69) is 30.1 Å². The Morgan fingerprint density at radius 3 is 2.82 bits per heavy atom. The molecule has 0 amide bonds. The number of hydrogen-bond donors (Lipinski definition) is 1. The lowest BCUT2D eigenvalue weighted by Gasteiger charge is -2.15. The first-order valence-electron chi connectivity index (χ1n) is 6.02. The average molecular weight is 231 g/mol. The maximum atomic E-state index is 5.34. The van der Waals surface area contributed by atoms with Crippen molar-refractivity contribution in [2.45, 2.75) is 32.7 Å². The van der Waals surface area contributed by atoms with Gasteiger partial charge in [-0.05, 0) is 31.9 Å². The third-order valence-corrected chi connectivity index (χ3v) is 2.64. The molecular formula is C15H21NO. The smallest absolute Gasteiger partial charge is 0.122 e. The topological polar surface area (TPSA) is 21.3 Å². The Bertz CT molecular complexity index is 389. The second-order valence-electron chi connectivity index (χ2n) is 4.05. The molecule has 92 valence electrons. The van der Waals surface area contributed by atoms with Crippen molar-refractivity contribution < 1.29 is 4.74 Å². The van der Waals surface area contributed by atoms with Crippen molar-refractivity contribution in [2.24, 2.45) is 0 Å². The first-order valence-corrected chi connectivity index (χ1v) is 6.02. The third-order valence-electron chi connectivity index (χ3n) is 2.64. The zero-order chi connectivity index (χ0) is 12.5. The largest absolute Gasteiger partial charge is 0.496 e. The minimum absolute atomic E-state index is 0.435. The van der Waals surface area contributed by atoms with Crippen molar-refractivity contribution in [1.82, 2.24) is 5.32 Å². The van der Waals surface area contributed by atoms with Gasteiger partial charge in [-0.25, -0.2) is 0 Å². The highest BCUT2D eigenvalue weighted by molar-refractivity contribution is 5.33. The van der Waals surface area contributed by atoms with Crippen LogP contribution in [-0.4, -0.2) is 19.7 Å². The second-order valence-corrected chi connectivity index (χ2v) is 4.05. The highest BCUT2D eigenvalue weighted by Gasteiger charge is 2.06. The predicted octanol–water partition coefficient (Wildman–Crippen LogP) is 2.63. The molecule has 0 aliphatic carbocycles. The summed E-state index contributed by atoms with van der Waals surface area (Å²) in [6, 6.07) is 8.60. The normalized spacial score (nSPS) is 11.5. The van der Waals surface area contributed by atoms with Gasteiger partial charge < -0.3 is 10.1 Å². The molecule has 2 heteroatoms. The first-order chi connectivity index (χ1) is 8.27. The monoisotopic (exact) mass is 231 g/mol. The van der Waals surface area contributed by atoms with Gasteiger partial charge in [0.25, 0.3) is 0 Å². The Morgan fingerprint density at radius 2 is 2.12 bits per heavy atom. The van der Waals surface area contributed by atoms with E-state index in [0.29, 0.717) is 6.04 Å². The van der Waals surface area contributed by atoms with Crippen LogP contribution in [0.25, 0.3) is 0 Å². The molecule has 0 saturated carbocycles. The van der Waals surface area contributed by atoms with E-state index < -0.39 is 0 Å².